The van der Waals surface area contributed by atoms with Crippen molar-refractivity contribution in [2.45, 2.75) is 26.4 Å². The van der Waals surface area contributed by atoms with Gasteiger partial charge in [-0.15, -0.1) is 10.2 Å². The van der Waals surface area contributed by atoms with Gasteiger partial charge >= 0.3 is 0 Å². The van der Waals surface area contributed by atoms with Crippen molar-refractivity contribution in [3.63, 3.8) is 0 Å². The van der Waals surface area contributed by atoms with Gasteiger partial charge in [0.25, 0.3) is 0 Å². The molecule has 0 unspecified atom stereocenters. The Kier molecular flexibility index (Phi) is 3.76. The molecule has 0 spiro atoms. The van der Waals surface area contributed by atoms with Crippen LogP contribution >= 0.6 is 11.6 Å². The number of nitrogens with zero attached hydrogens (tertiary/aromatic N) is 3. The largest absolute Gasteiger partial charge is 0.324 e. The van der Waals surface area contributed by atoms with Crippen LogP contribution in [-0.2, 0) is 19.5 Å². The molecule has 5 heteroatoms. The summed E-state index contributed by atoms with van der Waals surface area (Å²) >= 11 is 6.13. The number of aromatic nitrogens is 3. The van der Waals surface area contributed by atoms with Gasteiger partial charge in [-0.2, -0.15) is 0 Å². The Morgan fingerprint density at radius 2 is 1.94 bits per heavy atom. The summed E-state index contributed by atoms with van der Waals surface area (Å²) in [7, 11) is 0. The maximum Gasteiger partial charge on any atom is 0.146 e. The van der Waals surface area contributed by atoms with E-state index in [1.54, 1.807) is 0 Å². The molecule has 2 rings (SSSR count). The van der Waals surface area contributed by atoms with Gasteiger partial charge < -0.3 is 10.3 Å². The van der Waals surface area contributed by atoms with Gasteiger partial charge in [0.1, 0.15) is 11.6 Å². The predicted octanol–water partition coefficient (Wildman–Crippen LogP) is 2.00. The van der Waals surface area contributed by atoms with Crippen molar-refractivity contribution in [2.75, 3.05) is 0 Å². The zero-order valence-corrected chi connectivity index (χ0v) is 10.5. The third-order valence-electron chi connectivity index (χ3n) is 2.71. The summed E-state index contributed by atoms with van der Waals surface area (Å²) in [5.74, 6) is 1.72. The van der Waals surface area contributed by atoms with Crippen molar-refractivity contribution in [1.82, 2.24) is 14.8 Å². The van der Waals surface area contributed by atoms with Gasteiger partial charge in [-0.25, -0.2) is 0 Å². The summed E-state index contributed by atoms with van der Waals surface area (Å²) in [6, 6.07) is 7.77. The first-order chi connectivity index (χ1) is 8.26. The van der Waals surface area contributed by atoms with Crippen molar-refractivity contribution in [2.24, 2.45) is 5.73 Å². The monoisotopic (exact) mass is 250 g/mol. The Balaban J connectivity index is 2.30. The van der Waals surface area contributed by atoms with Gasteiger partial charge in [0.05, 0.1) is 6.54 Å². The molecule has 0 aliphatic carbocycles. The molecule has 1 heterocycles. The van der Waals surface area contributed by atoms with Gasteiger partial charge in [-0.3, -0.25) is 0 Å². The highest BCUT2D eigenvalue weighted by Crippen LogP contribution is 2.18. The van der Waals surface area contributed by atoms with Gasteiger partial charge in [-0.1, -0.05) is 29.8 Å². The highest BCUT2D eigenvalue weighted by molar-refractivity contribution is 6.31. The molecule has 0 amide bonds. The van der Waals surface area contributed by atoms with Crippen LogP contribution in [0.25, 0.3) is 0 Å². The van der Waals surface area contributed by atoms with E-state index in [1.807, 2.05) is 28.8 Å². The van der Waals surface area contributed by atoms with Crippen LogP contribution in [0.2, 0.25) is 5.02 Å². The molecule has 2 N–H and O–H groups in total. The van der Waals surface area contributed by atoms with Crippen molar-refractivity contribution in [1.29, 1.82) is 0 Å². The van der Waals surface area contributed by atoms with E-state index in [4.69, 9.17) is 17.3 Å². The molecule has 1 aromatic heterocycles. The van der Waals surface area contributed by atoms with Gasteiger partial charge in [0.2, 0.25) is 0 Å². The molecule has 90 valence electrons. The van der Waals surface area contributed by atoms with E-state index in [9.17, 15) is 0 Å². The molecule has 1 aromatic carbocycles. The SMILES string of the molecule is CCn1c(CN)nnc1Cc1ccccc1Cl. The summed E-state index contributed by atoms with van der Waals surface area (Å²) < 4.78 is 2.03. The molecule has 4 nitrogen and oxygen atoms in total. The van der Waals surface area contributed by atoms with Crippen LogP contribution in [0.1, 0.15) is 24.1 Å². The van der Waals surface area contributed by atoms with E-state index in [1.165, 1.54) is 0 Å². The molecular formula is C12H15ClN4. The number of halogens is 1. The van der Waals surface area contributed by atoms with Gasteiger partial charge in [0, 0.05) is 18.0 Å². The Bertz CT molecular complexity index is 507. The fraction of sp³-hybridized carbons (Fsp3) is 0.333. The highest BCUT2D eigenvalue weighted by Gasteiger charge is 2.11. The van der Waals surface area contributed by atoms with Crippen LogP contribution in [0.15, 0.2) is 24.3 Å². The van der Waals surface area contributed by atoms with Crippen molar-refractivity contribution in [3.05, 3.63) is 46.5 Å². The fourth-order valence-corrected chi connectivity index (χ4v) is 2.03. The molecular weight excluding hydrogens is 236 g/mol. The van der Waals surface area contributed by atoms with E-state index >= 15 is 0 Å². The summed E-state index contributed by atoms with van der Waals surface area (Å²) in [6.45, 7) is 3.28. The molecule has 0 saturated heterocycles. The minimum Gasteiger partial charge on any atom is -0.324 e. The van der Waals surface area contributed by atoms with Crippen molar-refractivity contribution in [3.8, 4) is 0 Å². The van der Waals surface area contributed by atoms with Crippen molar-refractivity contribution >= 4 is 11.6 Å². The first kappa shape index (κ1) is 12.1. The molecule has 0 aliphatic heterocycles. The lowest BCUT2D eigenvalue weighted by atomic mass is 10.1. The molecule has 0 radical (unpaired) electrons. The van der Waals surface area contributed by atoms with Crippen molar-refractivity contribution < 1.29 is 0 Å². The van der Waals surface area contributed by atoms with Crippen LogP contribution < -0.4 is 5.73 Å². The maximum atomic E-state index is 6.13. The number of benzene rings is 1. The summed E-state index contributed by atoms with van der Waals surface area (Å²) in [6.07, 6.45) is 0.681. The zero-order chi connectivity index (χ0) is 12.3. The lowest BCUT2D eigenvalue weighted by Gasteiger charge is -2.07. The average Bonchev–Trinajstić information content (AvgIpc) is 2.74. The molecule has 2 aromatic rings. The minimum absolute atomic E-state index is 0.406. The first-order valence-electron chi connectivity index (χ1n) is 5.60. The smallest absolute Gasteiger partial charge is 0.146 e. The molecule has 0 fully saturated rings. The third kappa shape index (κ3) is 2.48. The molecule has 0 bridgehead atoms. The quantitative estimate of drug-likeness (QED) is 0.903. The highest BCUT2D eigenvalue weighted by atomic mass is 35.5. The molecule has 17 heavy (non-hydrogen) atoms. The number of hydrogen-bond donors (Lipinski definition) is 1. The Morgan fingerprint density at radius 3 is 2.59 bits per heavy atom. The number of nitrogens with two attached hydrogens (primary N) is 1. The normalized spacial score (nSPS) is 10.8. The fourth-order valence-electron chi connectivity index (χ4n) is 1.83. The Morgan fingerprint density at radius 1 is 1.24 bits per heavy atom. The van der Waals surface area contributed by atoms with E-state index < -0.39 is 0 Å². The summed E-state index contributed by atoms with van der Waals surface area (Å²) in [5, 5.41) is 9.00. The van der Waals surface area contributed by atoms with Crippen LogP contribution in [0, 0.1) is 0 Å². The maximum absolute atomic E-state index is 6.13. The van der Waals surface area contributed by atoms with E-state index in [-0.39, 0.29) is 0 Å². The topological polar surface area (TPSA) is 56.7 Å². The molecule has 0 aliphatic rings. The summed E-state index contributed by atoms with van der Waals surface area (Å²) in [5.41, 5.74) is 6.67. The predicted molar refractivity (Wildman–Crippen MR) is 67.8 cm³/mol. The Hall–Kier alpha value is -1.39. The van der Waals surface area contributed by atoms with E-state index in [0.717, 1.165) is 28.8 Å². The molecule has 0 saturated carbocycles. The van der Waals surface area contributed by atoms with Gasteiger partial charge in [-0.05, 0) is 18.6 Å². The lowest BCUT2D eigenvalue weighted by molar-refractivity contribution is 0.668. The second-order valence-electron chi connectivity index (χ2n) is 3.75. The van der Waals surface area contributed by atoms with E-state index in [0.29, 0.717) is 13.0 Å². The zero-order valence-electron chi connectivity index (χ0n) is 9.73. The van der Waals surface area contributed by atoms with Crippen LogP contribution in [0.3, 0.4) is 0 Å². The minimum atomic E-state index is 0.406. The lowest BCUT2D eigenvalue weighted by Crippen LogP contribution is -2.10. The van der Waals surface area contributed by atoms with Crippen LogP contribution in [-0.4, -0.2) is 14.8 Å². The van der Waals surface area contributed by atoms with Crippen LogP contribution in [0.5, 0.6) is 0 Å². The molecule has 0 atom stereocenters. The standard InChI is InChI=1S/C12H15ClN4/c1-2-17-11(15-16-12(17)8-14)7-9-5-3-4-6-10(9)13/h3-6H,2,7-8,14H2,1H3. The number of hydrogen-bond acceptors (Lipinski definition) is 3. The third-order valence-corrected chi connectivity index (χ3v) is 3.08. The summed E-state index contributed by atoms with van der Waals surface area (Å²) in [4.78, 5) is 0. The second kappa shape index (κ2) is 5.29. The second-order valence-corrected chi connectivity index (χ2v) is 4.16. The van der Waals surface area contributed by atoms with Crippen LogP contribution in [0.4, 0.5) is 0 Å². The van der Waals surface area contributed by atoms with Gasteiger partial charge in [0.15, 0.2) is 0 Å². The van der Waals surface area contributed by atoms with E-state index in [2.05, 4.69) is 17.1 Å². The Labute approximate surface area is 105 Å². The number of rotatable bonds is 4. The average molecular weight is 251 g/mol. The first-order valence-corrected chi connectivity index (χ1v) is 5.98.